The average molecular weight is 278 g/mol. The largest absolute Gasteiger partial charge is 0.394 e. The summed E-state index contributed by atoms with van der Waals surface area (Å²) in [6.45, 7) is 2.03. The van der Waals surface area contributed by atoms with Crippen molar-refractivity contribution >= 4 is 17.8 Å². The van der Waals surface area contributed by atoms with Crippen LogP contribution in [-0.4, -0.2) is 45.3 Å². The standard InChI is InChI=1S/C13H22N6O/c14-10-15-11(18-13(9-20)5-4-6-13)17-12(16-10)19-7-2-1-3-8-19/h20H,1-9H2,(H3,14,15,16,17,18). The van der Waals surface area contributed by atoms with Gasteiger partial charge in [0, 0.05) is 13.1 Å². The van der Waals surface area contributed by atoms with Gasteiger partial charge in [-0.15, -0.1) is 0 Å². The molecule has 1 aliphatic heterocycles. The van der Waals surface area contributed by atoms with E-state index in [1.807, 2.05) is 0 Å². The van der Waals surface area contributed by atoms with Crippen LogP contribution in [0.25, 0.3) is 0 Å². The van der Waals surface area contributed by atoms with E-state index in [1.165, 1.54) is 6.42 Å². The fourth-order valence-corrected chi connectivity index (χ4v) is 2.84. The zero-order valence-electron chi connectivity index (χ0n) is 11.7. The molecule has 2 fully saturated rings. The molecule has 2 aliphatic rings. The summed E-state index contributed by atoms with van der Waals surface area (Å²) in [4.78, 5) is 15.0. The molecule has 3 rings (SSSR count). The van der Waals surface area contributed by atoms with E-state index in [1.54, 1.807) is 0 Å². The van der Waals surface area contributed by atoms with Crippen LogP contribution in [0.4, 0.5) is 17.8 Å². The Morgan fingerprint density at radius 3 is 2.45 bits per heavy atom. The van der Waals surface area contributed by atoms with Crippen molar-refractivity contribution in [2.24, 2.45) is 0 Å². The van der Waals surface area contributed by atoms with E-state index in [0.29, 0.717) is 11.9 Å². The smallest absolute Gasteiger partial charge is 0.231 e. The number of piperidine rings is 1. The zero-order valence-corrected chi connectivity index (χ0v) is 11.7. The first-order chi connectivity index (χ1) is 9.71. The highest BCUT2D eigenvalue weighted by molar-refractivity contribution is 5.44. The second kappa shape index (κ2) is 5.40. The summed E-state index contributed by atoms with van der Waals surface area (Å²) in [7, 11) is 0. The van der Waals surface area contributed by atoms with Crippen molar-refractivity contribution in [1.82, 2.24) is 15.0 Å². The molecule has 2 heterocycles. The summed E-state index contributed by atoms with van der Waals surface area (Å²) in [5, 5.41) is 12.8. The van der Waals surface area contributed by atoms with E-state index >= 15 is 0 Å². The average Bonchev–Trinajstić information content (AvgIpc) is 2.43. The quantitative estimate of drug-likeness (QED) is 0.748. The van der Waals surface area contributed by atoms with Crippen molar-refractivity contribution in [3.63, 3.8) is 0 Å². The Morgan fingerprint density at radius 1 is 1.10 bits per heavy atom. The molecular weight excluding hydrogens is 256 g/mol. The molecule has 20 heavy (non-hydrogen) atoms. The highest BCUT2D eigenvalue weighted by atomic mass is 16.3. The number of nitrogen functional groups attached to an aromatic ring is 1. The van der Waals surface area contributed by atoms with Gasteiger partial charge in [0.05, 0.1) is 12.1 Å². The molecule has 0 aromatic carbocycles. The molecule has 1 aromatic heterocycles. The van der Waals surface area contributed by atoms with Crippen molar-refractivity contribution in [1.29, 1.82) is 0 Å². The highest BCUT2D eigenvalue weighted by Crippen LogP contribution is 2.34. The number of nitrogens with zero attached hydrogens (tertiary/aromatic N) is 4. The maximum absolute atomic E-state index is 9.51. The number of nitrogens with two attached hydrogens (primary N) is 1. The number of aliphatic hydroxyl groups is 1. The van der Waals surface area contributed by atoms with Gasteiger partial charge in [-0.25, -0.2) is 0 Å². The van der Waals surface area contributed by atoms with Crippen LogP contribution < -0.4 is 16.0 Å². The summed E-state index contributed by atoms with van der Waals surface area (Å²) >= 11 is 0. The van der Waals surface area contributed by atoms with Gasteiger partial charge in [0.25, 0.3) is 0 Å². The summed E-state index contributed by atoms with van der Waals surface area (Å²) in [6, 6.07) is 0. The minimum atomic E-state index is -0.271. The predicted octanol–water partition coefficient (Wildman–Crippen LogP) is 0.771. The first kappa shape index (κ1) is 13.4. The van der Waals surface area contributed by atoms with Crippen LogP contribution in [0, 0.1) is 0 Å². The second-order valence-corrected chi connectivity index (χ2v) is 5.78. The zero-order chi connectivity index (χ0) is 14.0. The Labute approximate surface area is 118 Å². The van der Waals surface area contributed by atoms with Crippen LogP contribution >= 0.6 is 0 Å². The number of hydrogen-bond donors (Lipinski definition) is 3. The van der Waals surface area contributed by atoms with E-state index in [-0.39, 0.29) is 18.1 Å². The van der Waals surface area contributed by atoms with Crippen LogP contribution in [-0.2, 0) is 0 Å². The van der Waals surface area contributed by atoms with Crippen LogP contribution in [0.5, 0.6) is 0 Å². The Balaban J connectivity index is 1.79. The third kappa shape index (κ3) is 2.63. The Hall–Kier alpha value is -1.63. The topological polar surface area (TPSA) is 100 Å². The van der Waals surface area contributed by atoms with Crippen LogP contribution in [0.15, 0.2) is 0 Å². The molecular formula is C13H22N6O. The fraction of sp³-hybridized carbons (Fsp3) is 0.769. The maximum atomic E-state index is 9.51. The summed E-state index contributed by atoms with van der Waals surface area (Å²) in [5.41, 5.74) is 5.52. The molecule has 0 amide bonds. The number of rotatable bonds is 4. The minimum Gasteiger partial charge on any atom is -0.394 e. The lowest BCUT2D eigenvalue weighted by Gasteiger charge is -2.41. The first-order valence-corrected chi connectivity index (χ1v) is 7.36. The highest BCUT2D eigenvalue weighted by Gasteiger charge is 2.37. The first-order valence-electron chi connectivity index (χ1n) is 7.36. The monoisotopic (exact) mass is 278 g/mol. The molecule has 1 saturated heterocycles. The van der Waals surface area contributed by atoms with Crippen LogP contribution in [0.1, 0.15) is 38.5 Å². The predicted molar refractivity (Wildman–Crippen MR) is 77.6 cm³/mol. The number of anilines is 3. The van der Waals surface area contributed by atoms with Gasteiger partial charge in [0.1, 0.15) is 0 Å². The van der Waals surface area contributed by atoms with E-state index in [9.17, 15) is 5.11 Å². The van der Waals surface area contributed by atoms with Gasteiger partial charge in [-0.3, -0.25) is 0 Å². The minimum absolute atomic E-state index is 0.0949. The molecule has 0 radical (unpaired) electrons. The van der Waals surface area contributed by atoms with Crippen LogP contribution in [0.3, 0.4) is 0 Å². The Kier molecular flexibility index (Phi) is 3.60. The van der Waals surface area contributed by atoms with Crippen molar-refractivity contribution in [2.75, 3.05) is 35.6 Å². The Morgan fingerprint density at radius 2 is 1.85 bits per heavy atom. The van der Waals surface area contributed by atoms with E-state index in [2.05, 4.69) is 25.2 Å². The molecule has 0 bridgehead atoms. The lowest BCUT2D eigenvalue weighted by molar-refractivity contribution is 0.143. The van der Waals surface area contributed by atoms with Gasteiger partial charge < -0.3 is 21.1 Å². The molecule has 0 unspecified atom stereocenters. The fourth-order valence-electron chi connectivity index (χ4n) is 2.84. The molecule has 4 N–H and O–H groups in total. The maximum Gasteiger partial charge on any atom is 0.231 e. The number of nitrogens with one attached hydrogen (secondary N) is 1. The number of aromatic nitrogens is 3. The summed E-state index contributed by atoms with van der Waals surface area (Å²) in [6.07, 6.45) is 6.58. The normalized spacial score (nSPS) is 21.4. The third-order valence-corrected chi connectivity index (χ3v) is 4.27. The van der Waals surface area contributed by atoms with Crippen molar-refractivity contribution in [3.8, 4) is 0 Å². The van der Waals surface area contributed by atoms with Gasteiger partial charge in [-0.05, 0) is 38.5 Å². The molecule has 7 heteroatoms. The van der Waals surface area contributed by atoms with Gasteiger partial charge in [-0.2, -0.15) is 15.0 Å². The van der Waals surface area contributed by atoms with Gasteiger partial charge in [0.15, 0.2) is 0 Å². The van der Waals surface area contributed by atoms with Gasteiger partial charge in [-0.1, -0.05) is 0 Å². The van der Waals surface area contributed by atoms with Crippen LogP contribution in [0.2, 0.25) is 0 Å². The lowest BCUT2D eigenvalue weighted by Crippen LogP contribution is -2.48. The lowest BCUT2D eigenvalue weighted by atomic mass is 9.77. The Bertz CT molecular complexity index is 464. The van der Waals surface area contributed by atoms with Gasteiger partial charge >= 0.3 is 0 Å². The molecule has 0 atom stereocenters. The molecule has 1 saturated carbocycles. The van der Waals surface area contributed by atoms with E-state index in [0.717, 1.165) is 45.2 Å². The van der Waals surface area contributed by atoms with E-state index in [4.69, 9.17) is 5.73 Å². The second-order valence-electron chi connectivity index (χ2n) is 5.78. The van der Waals surface area contributed by atoms with Crippen molar-refractivity contribution in [2.45, 2.75) is 44.1 Å². The van der Waals surface area contributed by atoms with Gasteiger partial charge in [0.2, 0.25) is 17.8 Å². The summed E-state index contributed by atoms with van der Waals surface area (Å²) in [5.74, 6) is 1.36. The van der Waals surface area contributed by atoms with Crippen molar-refractivity contribution in [3.05, 3.63) is 0 Å². The molecule has 7 nitrogen and oxygen atoms in total. The number of aliphatic hydroxyl groups excluding tert-OH is 1. The molecule has 1 aliphatic carbocycles. The third-order valence-electron chi connectivity index (χ3n) is 4.27. The molecule has 1 aromatic rings. The van der Waals surface area contributed by atoms with E-state index < -0.39 is 0 Å². The molecule has 0 spiro atoms. The summed E-state index contributed by atoms with van der Waals surface area (Å²) < 4.78 is 0. The number of hydrogen-bond acceptors (Lipinski definition) is 7. The SMILES string of the molecule is Nc1nc(NC2(CO)CCC2)nc(N2CCCCC2)n1. The molecule has 110 valence electrons. The van der Waals surface area contributed by atoms with Crippen molar-refractivity contribution < 1.29 is 5.11 Å².